The molecule has 0 aliphatic carbocycles. The van der Waals surface area contributed by atoms with Crippen LogP contribution in [0.4, 0.5) is 0 Å². The topological polar surface area (TPSA) is 56.5 Å². The molecule has 1 heterocycles. The molecule has 4 heteroatoms. The number of hydrogen-bond acceptors (Lipinski definition) is 4. The highest BCUT2D eigenvalue weighted by atomic mass is 16.5. The van der Waals surface area contributed by atoms with Gasteiger partial charge in [0.2, 0.25) is 0 Å². The van der Waals surface area contributed by atoms with Crippen molar-refractivity contribution in [2.45, 2.75) is 18.9 Å². The van der Waals surface area contributed by atoms with E-state index in [1.165, 1.54) is 5.56 Å². The Balaban J connectivity index is 1.65. The first-order valence-corrected chi connectivity index (χ1v) is 7.27. The van der Waals surface area contributed by atoms with Crippen molar-refractivity contribution >= 4 is 0 Å². The molecule has 0 aromatic heterocycles. The Bertz CT molecular complexity index is 587. The van der Waals surface area contributed by atoms with Gasteiger partial charge in [0, 0.05) is 18.4 Å². The molecule has 110 valence electrons. The van der Waals surface area contributed by atoms with E-state index in [2.05, 4.69) is 23.6 Å². The van der Waals surface area contributed by atoms with E-state index < -0.39 is 0 Å². The smallest absolute Gasteiger partial charge is 0.127 e. The average Bonchev–Trinajstić information content (AvgIpc) is 3.01. The van der Waals surface area contributed by atoms with Crippen molar-refractivity contribution < 1.29 is 9.47 Å². The summed E-state index contributed by atoms with van der Waals surface area (Å²) in [6.45, 7) is 1.35. The largest absolute Gasteiger partial charge is 0.494 e. The molecule has 0 saturated heterocycles. The number of hydrazine groups is 1. The standard InChI is InChI=1S/C17H20N2O2/c18-19-16(10-12-20-14-6-2-1-3-7-14)15-8-4-5-13-9-11-21-17(13)15/h1-8,16,19H,9-12,18H2. The molecule has 3 rings (SSSR count). The lowest BCUT2D eigenvalue weighted by molar-refractivity contribution is 0.283. The molecule has 2 aromatic rings. The first-order chi connectivity index (χ1) is 10.4. The normalized spacial score (nSPS) is 14.3. The Hall–Kier alpha value is -2.04. The van der Waals surface area contributed by atoms with E-state index in [1.807, 2.05) is 30.3 Å². The van der Waals surface area contributed by atoms with Crippen LogP contribution in [0.2, 0.25) is 0 Å². The van der Waals surface area contributed by atoms with Gasteiger partial charge in [-0.3, -0.25) is 11.3 Å². The molecule has 1 aliphatic heterocycles. The maximum Gasteiger partial charge on any atom is 0.127 e. The number of nitrogens with one attached hydrogen (secondary N) is 1. The zero-order valence-corrected chi connectivity index (χ0v) is 11.9. The van der Waals surface area contributed by atoms with Gasteiger partial charge in [-0.2, -0.15) is 0 Å². The van der Waals surface area contributed by atoms with Crippen LogP contribution in [-0.2, 0) is 6.42 Å². The van der Waals surface area contributed by atoms with Crippen LogP contribution in [0.5, 0.6) is 11.5 Å². The van der Waals surface area contributed by atoms with Crippen molar-refractivity contribution in [1.82, 2.24) is 5.43 Å². The summed E-state index contributed by atoms with van der Waals surface area (Å²) in [7, 11) is 0. The second-order valence-corrected chi connectivity index (χ2v) is 5.10. The van der Waals surface area contributed by atoms with Crippen LogP contribution in [-0.4, -0.2) is 13.2 Å². The molecule has 1 unspecified atom stereocenters. The predicted octanol–water partition coefficient (Wildman–Crippen LogP) is 2.60. The van der Waals surface area contributed by atoms with Gasteiger partial charge in [0.05, 0.1) is 19.3 Å². The quantitative estimate of drug-likeness (QED) is 0.632. The number of rotatable bonds is 6. The Labute approximate surface area is 124 Å². The Morgan fingerprint density at radius 2 is 2.00 bits per heavy atom. The SMILES string of the molecule is NNC(CCOc1ccccc1)c1cccc2c1OCC2. The minimum Gasteiger partial charge on any atom is -0.494 e. The molecule has 0 spiro atoms. The molecule has 21 heavy (non-hydrogen) atoms. The molecule has 0 bridgehead atoms. The van der Waals surface area contributed by atoms with E-state index in [4.69, 9.17) is 15.3 Å². The van der Waals surface area contributed by atoms with Crippen LogP contribution < -0.4 is 20.7 Å². The van der Waals surface area contributed by atoms with Gasteiger partial charge >= 0.3 is 0 Å². The predicted molar refractivity (Wildman–Crippen MR) is 82.3 cm³/mol. The molecule has 0 saturated carbocycles. The maximum atomic E-state index is 5.74. The molecule has 0 amide bonds. The fourth-order valence-corrected chi connectivity index (χ4v) is 2.66. The molecular formula is C17H20N2O2. The van der Waals surface area contributed by atoms with Gasteiger partial charge in [0.1, 0.15) is 11.5 Å². The van der Waals surface area contributed by atoms with E-state index in [1.54, 1.807) is 0 Å². The van der Waals surface area contributed by atoms with E-state index >= 15 is 0 Å². The molecule has 0 radical (unpaired) electrons. The number of ether oxygens (including phenoxy) is 2. The van der Waals surface area contributed by atoms with Gasteiger partial charge in [-0.05, 0) is 17.7 Å². The summed E-state index contributed by atoms with van der Waals surface area (Å²) in [5, 5.41) is 0. The number of fused-ring (bicyclic) bond motifs is 1. The third kappa shape index (κ3) is 3.17. The minimum absolute atomic E-state index is 0.0294. The fraction of sp³-hybridized carbons (Fsp3) is 0.294. The second-order valence-electron chi connectivity index (χ2n) is 5.10. The minimum atomic E-state index is 0.0294. The Kier molecular flexibility index (Phi) is 4.38. The first kappa shape index (κ1) is 13.9. The van der Waals surface area contributed by atoms with E-state index in [0.29, 0.717) is 6.61 Å². The lowest BCUT2D eigenvalue weighted by atomic mass is 10.0. The Morgan fingerprint density at radius 1 is 1.14 bits per heavy atom. The molecular weight excluding hydrogens is 264 g/mol. The zero-order valence-electron chi connectivity index (χ0n) is 11.9. The third-order valence-electron chi connectivity index (χ3n) is 3.74. The molecule has 0 fully saturated rings. The second kappa shape index (κ2) is 6.61. The van der Waals surface area contributed by atoms with Crippen LogP contribution in [0.1, 0.15) is 23.6 Å². The number of hydrogen-bond donors (Lipinski definition) is 2. The average molecular weight is 284 g/mol. The van der Waals surface area contributed by atoms with Gasteiger partial charge < -0.3 is 9.47 Å². The lowest BCUT2D eigenvalue weighted by Crippen LogP contribution is -2.29. The maximum absolute atomic E-state index is 5.74. The molecule has 3 N–H and O–H groups in total. The monoisotopic (exact) mass is 284 g/mol. The molecule has 4 nitrogen and oxygen atoms in total. The molecule has 1 aliphatic rings. The summed E-state index contributed by atoms with van der Waals surface area (Å²) >= 11 is 0. The third-order valence-corrected chi connectivity index (χ3v) is 3.74. The van der Waals surface area contributed by atoms with Crippen LogP contribution >= 0.6 is 0 Å². The van der Waals surface area contributed by atoms with E-state index in [9.17, 15) is 0 Å². The van der Waals surface area contributed by atoms with Gasteiger partial charge in [-0.15, -0.1) is 0 Å². The van der Waals surface area contributed by atoms with Crippen molar-refractivity contribution in [3.63, 3.8) is 0 Å². The highest BCUT2D eigenvalue weighted by Crippen LogP contribution is 2.34. The van der Waals surface area contributed by atoms with Crippen molar-refractivity contribution in [2.75, 3.05) is 13.2 Å². The summed E-state index contributed by atoms with van der Waals surface area (Å²) < 4.78 is 11.5. The highest BCUT2D eigenvalue weighted by Gasteiger charge is 2.21. The summed E-state index contributed by atoms with van der Waals surface area (Å²) in [6.07, 6.45) is 1.76. The van der Waals surface area contributed by atoms with Crippen LogP contribution in [0.25, 0.3) is 0 Å². The van der Waals surface area contributed by atoms with E-state index in [0.717, 1.165) is 36.5 Å². The summed E-state index contributed by atoms with van der Waals surface area (Å²) in [6, 6.07) is 16.1. The lowest BCUT2D eigenvalue weighted by Gasteiger charge is -2.19. The highest BCUT2D eigenvalue weighted by molar-refractivity contribution is 5.45. The van der Waals surface area contributed by atoms with Crippen LogP contribution in [0.15, 0.2) is 48.5 Å². The first-order valence-electron chi connectivity index (χ1n) is 7.27. The number of benzene rings is 2. The molecule has 2 aromatic carbocycles. The Morgan fingerprint density at radius 3 is 2.81 bits per heavy atom. The van der Waals surface area contributed by atoms with Crippen LogP contribution in [0, 0.1) is 0 Å². The van der Waals surface area contributed by atoms with Crippen molar-refractivity contribution in [2.24, 2.45) is 5.84 Å². The van der Waals surface area contributed by atoms with Gasteiger partial charge in [0.25, 0.3) is 0 Å². The van der Waals surface area contributed by atoms with E-state index in [-0.39, 0.29) is 6.04 Å². The van der Waals surface area contributed by atoms with Crippen molar-refractivity contribution in [1.29, 1.82) is 0 Å². The van der Waals surface area contributed by atoms with Gasteiger partial charge in [0.15, 0.2) is 0 Å². The number of nitrogens with two attached hydrogens (primary N) is 1. The van der Waals surface area contributed by atoms with Crippen LogP contribution in [0.3, 0.4) is 0 Å². The van der Waals surface area contributed by atoms with Gasteiger partial charge in [-0.1, -0.05) is 36.4 Å². The summed E-state index contributed by atoms with van der Waals surface area (Å²) in [4.78, 5) is 0. The van der Waals surface area contributed by atoms with Crippen molar-refractivity contribution in [3.8, 4) is 11.5 Å². The number of para-hydroxylation sites is 2. The zero-order chi connectivity index (χ0) is 14.5. The molecule has 1 atom stereocenters. The fourth-order valence-electron chi connectivity index (χ4n) is 2.66. The van der Waals surface area contributed by atoms with Crippen molar-refractivity contribution in [3.05, 3.63) is 59.7 Å². The summed E-state index contributed by atoms with van der Waals surface area (Å²) in [5.41, 5.74) is 5.25. The van der Waals surface area contributed by atoms with Gasteiger partial charge in [-0.25, -0.2) is 0 Å². The summed E-state index contributed by atoms with van der Waals surface area (Å²) in [5.74, 6) is 7.58.